The van der Waals surface area contributed by atoms with E-state index in [2.05, 4.69) is 119 Å². The van der Waals surface area contributed by atoms with Gasteiger partial charge in [0, 0.05) is 38.1 Å². The molecule has 6 rings (SSSR count). The fourth-order valence-corrected chi connectivity index (χ4v) is 18.3. The minimum absolute atomic E-state index is 0.124. The number of halogens is 1. The number of hydrogen-bond acceptors (Lipinski definition) is 14. The molecule has 3 heterocycles. The van der Waals surface area contributed by atoms with Crippen LogP contribution in [0.25, 0.3) is 0 Å². The molecule has 16 heteroatoms. The third-order valence-electron chi connectivity index (χ3n) is 17.7. The molecule has 444 valence electrons. The Labute approximate surface area is 487 Å². The van der Waals surface area contributed by atoms with Crippen molar-refractivity contribution < 1.29 is 58.7 Å². The number of cyclic esters (lactones) is 1. The molecule has 0 saturated carbocycles. The summed E-state index contributed by atoms with van der Waals surface area (Å²) in [6, 6.07) is 30.2. The van der Waals surface area contributed by atoms with Crippen molar-refractivity contribution in [2.75, 3.05) is 34.3 Å². The lowest BCUT2D eigenvalue weighted by atomic mass is 9.77. The highest BCUT2D eigenvalue weighted by Crippen LogP contribution is 2.63. The van der Waals surface area contributed by atoms with Gasteiger partial charge in [0.25, 0.3) is 0 Å². The molecule has 0 aliphatic carbocycles. The molecule has 3 aliphatic rings. The maximum Gasteiger partial charge on any atom is 0.311 e. The lowest BCUT2D eigenvalue weighted by Crippen LogP contribution is -2.60. The second-order valence-electron chi connectivity index (χ2n) is 24.5. The van der Waals surface area contributed by atoms with Gasteiger partial charge in [-0.1, -0.05) is 95.0 Å². The van der Waals surface area contributed by atoms with Crippen LogP contribution in [0.5, 0.6) is 0 Å². The number of carbonyl (C=O) groups is 1. The highest BCUT2D eigenvalue weighted by Gasteiger charge is 2.53. The van der Waals surface area contributed by atoms with Gasteiger partial charge in [-0.2, -0.15) is 0 Å². The zero-order valence-electron chi connectivity index (χ0n) is 49.7. The molecule has 3 aromatic carbocycles. The zero-order valence-corrected chi connectivity index (χ0v) is 52.8. The van der Waals surface area contributed by atoms with Crippen molar-refractivity contribution in [3.63, 3.8) is 0 Å². The summed E-state index contributed by atoms with van der Waals surface area (Å²) in [5.74, 6) is -2.66. The van der Waals surface area contributed by atoms with Crippen LogP contribution >= 0.6 is 26.9 Å². The monoisotopic (exact) mass is 1230 g/mol. The number of likely N-dealkylation sites (N-methyl/N-ethyl adjacent to an activating group) is 1. The normalized spacial score (nSPS) is 36.8. The van der Waals surface area contributed by atoms with Crippen molar-refractivity contribution in [3.8, 4) is 0 Å². The Hall–Kier alpha value is -2.19. The Morgan fingerprint density at radius 2 is 1.33 bits per heavy atom. The average Bonchev–Trinajstić information content (AvgIpc) is 3.49. The molecule has 79 heavy (non-hydrogen) atoms. The maximum absolute atomic E-state index is 14.7. The molecule has 5 N–H and O–H groups in total. The first kappa shape index (κ1) is 66.0. The fraction of sp³-hybridized carbons (Fsp3) is 0.698. The van der Waals surface area contributed by atoms with E-state index in [4.69, 9.17) is 28.4 Å². The number of aryl methyl sites for hydroxylation is 1. The van der Waals surface area contributed by atoms with Crippen LogP contribution in [0.4, 0.5) is 0 Å². The SMILES string of the molecule is CC[C@H]1OC(=O)[C@H](C)[C@@H](O[C@H]2C[C@@](C)(OC)[C@@H](O)[C@H](C)O2)[C@H](C)[C@@H](O[C@@H]2O[C@H](C)C[C@H](N(C)C)[C@H]2O)[C@](C)(O)C[C@@H](C)CN(CCCCCCCCc2ccc([P+](I)(c3ccccc3)c3ccccc3)cc2)[C@H](C)[C@@H](O)[C@]1(C)O. The van der Waals surface area contributed by atoms with Crippen molar-refractivity contribution in [1.82, 2.24) is 9.80 Å². The summed E-state index contributed by atoms with van der Waals surface area (Å²) in [4.78, 5) is 17.0. The molecule has 18 atom stereocenters. The van der Waals surface area contributed by atoms with Gasteiger partial charge in [-0.3, -0.25) is 9.69 Å². The number of methoxy groups -OCH3 is 1. The van der Waals surface area contributed by atoms with E-state index in [9.17, 15) is 30.3 Å². The van der Waals surface area contributed by atoms with Gasteiger partial charge in [0.2, 0.25) is 0 Å². The van der Waals surface area contributed by atoms with Gasteiger partial charge in [-0.15, -0.1) is 0 Å². The summed E-state index contributed by atoms with van der Waals surface area (Å²) in [6.07, 6.45) is -1.19. The van der Waals surface area contributed by atoms with Gasteiger partial charge in [0.1, 0.15) is 45.9 Å². The van der Waals surface area contributed by atoms with E-state index in [1.54, 1.807) is 34.6 Å². The van der Waals surface area contributed by atoms with Gasteiger partial charge in [0.05, 0.1) is 41.5 Å². The molecular formula is C63H99IN2O12P+. The largest absolute Gasteiger partial charge is 0.459 e. The molecule has 0 radical (unpaired) electrons. The van der Waals surface area contributed by atoms with Crippen molar-refractivity contribution in [3.05, 3.63) is 90.5 Å². The van der Waals surface area contributed by atoms with Crippen LogP contribution in [0.15, 0.2) is 84.9 Å². The highest BCUT2D eigenvalue weighted by molar-refractivity contribution is 14.2. The summed E-state index contributed by atoms with van der Waals surface area (Å²) in [5, 5.41) is 64.6. The Balaban J connectivity index is 1.18. The fourth-order valence-electron chi connectivity index (χ4n) is 12.8. The van der Waals surface area contributed by atoms with E-state index >= 15 is 0 Å². The molecule has 3 fully saturated rings. The highest BCUT2D eigenvalue weighted by atomic mass is 127. The number of rotatable bonds is 19. The molecule has 0 spiro atoms. The van der Waals surface area contributed by atoms with Gasteiger partial charge >= 0.3 is 5.97 Å². The number of benzene rings is 3. The number of ether oxygens (including phenoxy) is 6. The summed E-state index contributed by atoms with van der Waals surface area (Å²) in [6.45, 7) is 19.2. The van der Waals surface area contributed by atoms with Gasteiger partial charge in [0.15, 0.2) is 39.5 Å². The smallest absolute Gasteiger partial charge is 0.311 e. The Morgan fingerprint density at radius 1 is 0.759 bits per heavy atom. The van der Waals surface area contributed by atoms with E-state index in [0.717, 1.165) is 44.9 Å². The quantitative estimate of drug-likeness (QED) is 0.0334. The number of aliphatic hydroxyl groups is 5. The van der Waals surface area contributed by atoms with Crippen LogP contribution in [0.3, 0.4) is 0 Å². The predicted molar refractivity (Wildman–Crippen MR) is 324 cm³/mol. The van der Waals surface area contributed by atoms with E-state index in [0.29, 0.717) is 19.5 Å². The molecule has 0 unspecified atom stereocenters. The first-order valence-electron chi connectivity index (χ1n) is 29.3. The van der Waals surface area contributed by atoms with Crippen molar-refractivity contribution in [2.45, 2.75) is 230 Å². The Morgan fingerprint density at radius 3 is 1.90 bits per heavy atom. The second kappa shape index (κ2) is 29.1. The summed E-state index contributed by atoms with van der Waals surface area (Å²) in [5.41, 5.74) is -3.13. The van der Waals surface area contributed by atoms with Crippen LogP contribution in [0.2, 0.25) is 0 Å². The molecule has 0 bridgehead atoms. The number of unbranched alkanes of at least 4 members (excludes halogenated alkanes) is 5. The van der Waals surface area contributed by atoms with E-state index < -0.39 is 101 Å². The molecule has 14 nitrogen and oxygen atoms in total. The topological polar surface area (TPSA) is 180 Å². The van der Waals surface area contributed by atoms with Crippen LogP contribution < -0.4 is 15.9 Å². The van der Waals surface area contributed by atoms with E-state index in [1.165, 1.54) is 28.6 Å². The molecule has 0 amide bonds. The summed E-state index contributed by atoms with van der Waals surface area (Å²) >= 11 is 2.72. The summed E-state index contributed by atoms with van der Waals surface area (Å²) in [7, 11) is 5.33. The zero-order chi connectivity index (χ0) is 58.0. The summed E-state index contributed by atoms with van der Waals surface area (Å²) < 4.78 is 38.4. The van der Waals surface area contributed by atoms with E-state index in [1.807, 2.05) is 46.7 Å². The first-order chi connectivity index (χ1) is 37.3. The first-order valence-corrected chi connectivity index (χ1v) is 33.9. The number of carbonyl (C=O) groups excluding carboxylic acids is 1. The molecule has 3 saturated heterocycles. The standard InChI is InChI=1S/C63H99IN2O12P/c1-14-52-63(10,72)56(68)45(6)66(36-26-18-16-15-17-21-27-47-32-34-50(35-33-47)79(64,48-28-22-19-23-29-48)49-30-24-20-25-31-49)40-41(2)38-61(8,71)58(78-60-54(67)51(65(11)12)37-42(3)74-60)43(4)55(44(5)59(70)76-52)77-53-39-62(9,73-13)57(69)46(7)75-53/h19-20,22-25,28-35,41-46,51-58,60,67-69,71-72H,14-18,21,26-27,36-40H2,1-13H3/q+1/t41-,42-,43+,44-,45-,46+,51+,52-,53+,54-,55+,56-,57+,58-,60+,61-,62-,63-/m1/s1. The lowest BCUT2D eigenvalue weighted by molar-refractivity contribution is -0.318. The molecule has 3 aliphatic heterocycles. The van der Waals surface area contributed by atoms with Crippen LogP contribution in [-0.2, 0) is 39.6 Å². The van der Waals surface area contributed by atoms with Crippen LogP contribution in [0, 0.1) is 17.8 Å². The molecule has 3 aromatic rings. The lowest BCUT2D eigenvalue weighted by Gasteiger charge is -2.48. The minimum atomic E-state index is -1.85. The van der Waals surface area contributed by atoms with Gasteiger partial charge < -0.3 is 58.9 Å². The Bertz CT molecular complexity index is 2260. The third kappa shape index (κ3) is 16.2. The van der Waals surface area contributed by atoms with Crippen molar-refractivity contribution in [2.24, 2.45) is 17.8 Å². The maximum atomic E-state index is 14.7. The number of aliphatic hydroxyl groups excluding tert-OH is 3. The molecule has 0 aromatic heterocycles. The third-order valence-corrected chi connectivity index (χ3v) is 25.8. The Kier molecular flexibility index (Phi) is 24.3. The van der Waals surface area contributed by atoms with Gasteiger partial charge in [-0.25, -0.2) is 0 Å². The molecular weight excluding hydrogens is 1130 g/mol. The minimum Gasteiger partial charge on any atom is -0.459 e. The van der Waals surface area contributed by atoms with Crippen molar-refractivity contribution >= 4 is 48.8 Å². The van der Waals surface area contributed by atoms with Crippen LogP contribution in [0.1, 0.15) is 139 Å². The van der Waals surface area contributed by atoms with Crippen molar-refractivity contribution in [1.29, 1.82) is 0 Å². The number of esters is 1. The second-order valence-corrected chi connectivity index (χ2v) is 31.6. The number of hydrogen-bond donors (Lipinski definition) is 5. The average molecular weight is 1230 g/mol. The predicted octanol–water partition coefficient (Wildman–Crippen LogP) is 8.50. The van der Waals surface area contributed by atoms with Crippen LogP contribution in [-0.4, -0.2) is 166 Å². The van der Waals surface area contributed by atoms with Gasteiger partial charge in [-0.05, 0) is 156 Å². The van der Waals surface area contributed by atoms with E-state index in [-0.39, 0.29) is 37.3 Å². The number of nitrogens with zero attached hydrogens (tertiary/aromatic N) is 2.